The van der Waals surface area contributed by atoms with Crippen molar-refractivity contribution in [3.63, 3.8) is 0 Å². The summed E-state index contributed by atoms with van der Waals surface area (Å²) in [5.41, 5.74) is 2.91. The molecule has 0 aliphatic carbocycles. The van der Waals surface area contributed by atoms with Crippen LogP contribution >= 0.6 is 11.8 Å². The van der Waals surface area contributed by atoms with Crippen molar-refractivity contribution < 1.29 is 19.1 Å². The Morgan fingerprint density at radius 1 is 1.10 bits per heavy atom. The number of amides is 2. The zero-order chi connectivity index (χ0) is 20.8. The van der Waals surface area contributed by atoms with Gasteiger partial charge in [-0.3, -0.25) is 14.5 Å². The van der Waals surface area contributed by atoms with Crippen LogP contribution in [0.1, 0.15) is 16.7 Å². The highest BCUT2D eigenvalue weighted by atomic mass is 32.2. The summed E-state index contributed by atoms with van der Waals surface area (Å²) >= 11 is 0.938. The maximum absolute atomic E-state index is 12.7. The summed E-state index contributed by atoms with van der Waals surface area (Å²) in [6, 6.07) is 13.3. The Kier molecular flexibility index (Phi) is 6.77. The van der Waals surface area contributed by atoms with Gasteiger partial charge < -0.3 is 9.47 Å². The monoisotopic (exact) mass is 409 g/mol. The molecule has 0 unspecified atom stereocenters. The number of ether oxygens (including phenoxy) is 2. The van der Waals surface area contributed by atoms with Crippen LogP contribution in [0.15, 0.2) is 60.0 Å². The molecule has 2 aromatic carbocycles. The van der Waals surface area contributed by atoms with E-state index in [-0.39, 0.29) is 24.3 Å². The molecule has 0 N–H and O–H groups in total. The third-order valence-electron chi connectivity index (χ3n) is 4.31. The van der Waals surface area contributed by atoms with Crippen LogP contribution in [0, 0.1) is 13.8 Å². The average molecular weight is 410 g/mol. The van der Waals surface area contributed by atoms with Crippen molar-refractivity contribution in [2.75, 3.05) is 19.8 Å². The first-order valence-corrected chi connectivity index (χ1v) is 10.1. The van der Waals surface area contributed by atoms with Crippen LogP contribution in [0.4, 0.5) is 4.79 Å². The van der Waals surface area contributed by atoms with Gasteiger partial charge in [0.05, 0.1) is 11.4 Å². The third-order valence-corrected chi connectivity index (χ3v) is 5.22. The van der Waals surface area contributed by atoms with Crippen molar-refractivity contribution in [2.45, 2.75) is 13.8 Å². The zero-order valence-electron chi connectivity index (χ0n) is 16.5. The van der Waals surface area contributed by atoms with Gasteiger partial charge >= 0.3 is 0 Å². The molecule has 1 fully saturated rings. The lowest BCUT2D eigenvalue weighted by Gasteiger charge is -2.14. The molecule has 0 atom stereocenters. The van der Waals surface area contributed by atoms with Gasteiger partial charge in [-0.2, -0.15) is 0 Å². The lowest BCUT2D eigenvalue weighted by Crippen LogP contribution is -2.32. The Labute approximate surface area is 175 Å². The maximum atomic E-state index is 12.7. The third kappa shape index (κ3) is 5.29. The summed E-state index contributed by atoms with van der Waals surface area (Å²) in [5, 5.41) is -0.287. The van der Waals surface area contributed by atoms with E-state index in [1.165, 1.54) is 4.90 Å². The van der Waals surface area contributed by atoms with E-state index in [4.69, 9.17) is 9.47 Å². The number of rotatable bonds is 8. The highest BCUT2D eigenvalue weighted by Crippen LogP contribution is 2.32. The fourth-order valence-corrected chi connectivity index (χ4v) is 3.67. The minimum atomic E-state index is -0.304. The minimum Gasteiger partial charge on any atom is -0.491 e. The summed E-state index contributed by atoms with van der Waals surface area (Å²) in [6.07, 6.45) is 3.37. The second kappa shape index (κ2) is 9.47. The van der Waals surface area contributed by atoms with Gasteiger partial charge in [0, 0.05) is 0 Å². The van der Waals surface area contributed by atoms with Gasteiger partial charge in [-0.25, -0.2) is 0 Å². The molecular weight excluding hydrogens is 386 g/mol. The van der Waals surface area contributed by atoms with Crippen molar-refractivity contribution in [1.82, 2.24) is 4.90 Å². The standard InChI is InChI=1S/C23H23NO4S/c1-4-11-27-19-7-5-6-18(14-19)15-21-22(25)24(23(26)29-21)10-12-28-20-13-16(2)8-9-17(20)3/h4-9,13-15H,1,10-12H2,2-3H3/b21-15-. The van der Waals surface area contributed by atoms with Crippen molar-refractivity contribution in [3.8, 4) is 11.5 Å². The average Bonchev–Trinajstić information content (AvgIpc) is 2.96. The van der Waals surface area contributed by atoms with Crippen LogP contribution in [-0.4, -0.2) is 35.8 Å². The van der Waals surface area contributed by atoms with Gasteiger partial charge in [0.25, 0.3) is 11.1 Å². The number of hydrogen-bond acceptors (Lipinski definition) is 5. The van der Waals surface area contributed by atoms with Gasteiger partial charge in [0.2, 0.25) is 0 Å². The molecule has 3 rings (SSSR count). The predicted octanol–water partition coefficient (Wildman–Crippen LogP) is 4.98. The molecule has 1 aliphatic rings. The Balaban J connectivity index is 1.64. The van der Waals surface area contributed by atoms with E-state index in [0.29, 0.717) is 17.3 Å². The SMILES string of the molecule is C=CCOc1cccc(/C=C2\SC(=O)N(CCOc3cc(C)ccc3C)C2=O)c1. The Bertz CT molecular complexity index is 967. The van der Waals surface area contributed by atoms with Crippen LogP contribution in [0.25, 0.3) is 6.08 Å². The second-order valence-electron chi connectivity index (χ2n) is 6.62. The number of benzene rings is 2. The highest BCUT2D eigenvalue weighted by molar-refractivity contribution is 8.18. The topological polar surface area (TPSA) is 55.8 Å². The first-order chi connectivity index (χ1) is 14.0. The van der Waals surface area contributed by atoms with Crippen LogP contribution in [0.3, 0.4) is 0 Å². The summed E-state index contributed by atoms with van der Waals surface area (Å²) in [6.45, 7) is 8.44. The number of hydrogen-bond donors (Lipinski definition) is 0. The van der Waals surface area contributed by atoms with Crippen molar-refractivity contribution >= 4 is 29.0 Å². The van der Waals surface area contributed by atoms with Gasteiger partial charge in [0.1, 0.15) is 24.7 Å². The molecular formula is C23H23NO4S. The molecule has 5 nitrogen and oxygen atoms in total. The van der Waals surface area contributed by atoms with Crippen molar-refractivity contribution in [1.29, 1.82) is 0 Å². The van der Waals surface area contributed by atoms with Crippen molar-refractivity contribution in [3.05, 3.63) is 76.7 Å². The summed E-state index contributed by atoms with van der Waals surface area (Å²) < 4.78 is 11.3. The molecule has 0 aromatic heterocycles. The molecule has 150 valence electrons. The molecule has 0 bridgehead atoms. The lowest BCUT2D eigenvalue weighted by atomic mass is 10.1. The van der Waals surface area contributed by atoms with Crippen LogP contribution in [-0.2, 0) is 4.79 Å². The Morgan fingerprint density at radius 2 is 1.93 bits per heavy atom. The van der Waals surface area contributed by atoms with E-state index in [0.717, 1.165) is 34.2 Å². The number of carbonyl (C=O) groups excluding carboxylic acids is 2. The van der Waals surface area contributed by atoms with Crippen LogP contribution in [0.2, 0.25) is 0 Å². The smallest absolute Gasteiger partial charge is 0.293 e. The molecule has 0 saturated carbocycles. The summed E-state index contributed by atoms with van der Waals surface area (Å²) in [5.74, 6) is 1.14. The van der Waals surface area contributed by atoms with E-state index in [9.17, 15) is 9.59 Å². The Hall–Kier alpha value is -2.99. The molecule has 1 heterocycles. The van der Waals surface area contributed by atoms with Gasteiger partial charge in [-0.15, -0.1) is 0 Å². The molecule has 0 spiro atoms. The quantitative estimate of drug-likeness (QED) is 0.454. The largest absolute Gasteiger partial charge is 0.491 e. The molecule has 29 heavy (non-hydrogen) atoms. The highest BCUT2D eigenvalue weighted by Gasteiger charge is 2.34. The van der Waals surface area contributed by atoms with E-state index >= 15 is 0 Å². The molecule has 2 amide bonds. The van der Waals surface area contributed by atoms with E-state index in [1.807, 2.05) is 56.3 Å². The number of nitrogens with zero attached hydrogens (tertiary/aromatic N) is 1. The fraction of sp³-hybridized carbons (Fsp3) is 0.217. The van der Waals surface area contributed by atoms with Crippen LogP contribution < -0.4 is 9.47 Å². The number of carbonyl (C=O) groups is 2. The van der Waals surface area contributed by atoms with Crippen LogP contribution in [0.5, 0.6) is 11.5 Å². The fourth-order valence-electron chi connectivity index (χ4n) is 2.80. The lowest BCUT2D eigenvalue weighted by molar-refractivity contribution is -0.123. The second-order valence-corrected chi connectivity index (χ2v) is 7.62. The van der Waals surface area contributed by atoms with E-state index < -0.39 is 0 Å². The predicted molar refractivity (Wildman–Crippen MR) is 116 cm³/mol. The molecule has 1 saturated heterocycles. The molecule has 0 radical (unpaired) electrons. The van der Waals surface area contributed by atoms with Gasteiger partial charge in [0.15, 0.2) is 0 Å². The maximum Gasteiger partial charge on any atom is 0.293 e. The molecule has 1 aliphatic heterocycles. The van der Waals surface area contributed by atoms with E-state index in [1.54, 1.807) is 12.2 Å². The minimum absolute atomic E-state index is 0.206. The number of imide groups is 1. The van der Waals surface area contributed by atoms with E-state index in [2.05, 4.69) is 6.58 Å². The number of thioether (sulfide) groups is 1. The van der Waals surface area contributed by atoms with Gasteiger partial charge in [-0.05, 0) is 66.6 Å². The normalized spacial score (nSPS) is 15.1. The zero-order valence-corrected chi connectivity index (χ0v) is 17.3. The summed E-state index contributed by atoms with van der Waals surface area (Å²) in [7, 11) is 0. The Morgan fingerprint density at radius 3 is 2.72 bits per heavy atom. The first kappa shape index (κ1) is 20.7. The molecule has 6 heteroatoms. The van der Waals surface area contributed by atoms with Crippen molar-refractivity contribution in [2.24, 2.45) is 0 Å². The number of aryl methyl sites for hydroxylation is 2. The molecule has 2 aromatic rings. The van der Waals surface area contributed by atoms with Gasteiger partial charge in [-0.1, -0.05) is 36.9 Å². The first-order valence-electron chi connectivity index (χ1n) is 9.27. The summed E-state index contributed by atoms with van der Waals surface area (Å²) in [4.78, 5) is 26.6.